The lowest BCUT2D eigenvalue weighted by atomic mass is 9.75. The first kappa shape index (κ1) is 13.1. The molecule has 0 N–H and O–H groups in total. The summed E-state index contributed by atoms with van der Waals surface area (Å²) in [5.74, 6) is -0.189. The van der Waals surface area contributed by atoms with Gasteiger partial charge in [0.05, 0.1) is 11.2 Å². The maximum atomic E-state index is 13.7. The van der Waals surface area contributed by atoms with Gasteiger partial charge in [-0.3, -0.25) is 0 Å². The molecule has 1 aromatic rings. The summed E-state index contributed by atoms with van der Waals surface area (Å²) in [5, 5.41) is 0. The number of halogens is 1. The van der Waals surface area contributed by atoms with Crippen molar-refractivity contribution in [3.8, 4) is 0 Å². The van der Waals surface area contributed by atoms with Crippen molar-refractivity contribution in [2.75, 3.05) is 0 Å². The third kappa shape index (κ3) is 2.02. The third-order valence-electron chi connectivity index (χ3n) is 4.72. The lowest BCUT2D eigenvalue weighted by Gasteiger charge is -2.32. The van der Waals surface area contributed by atoms with Crippen LogP contribution in [0.25, 0.3) is 0 Å². The van der Waals surface area contributed by atoms with Crippen molar-refractivity contribution in [3.05, 3.63) is 29.1 Å². The van der Waals surface area contributed by atoms with E-state index in [0.29, 0.717) is 0 Å². The quantitative estimate of drug-likeness (QED) is 0.724. The minimum atomic E-state index is -0.451. The van der Waals surface area contributed by atoms with Gasteiger partial charge in [-0.15, -0.1) is 0 Å². The lowest BCUT2D eigenvalue weighted by molar-refractivity contribution is 0.00578. The molecule has 0 radical (unpaired) electrons. The summed E-state index contributed by atoms with van der Waals surface area (Å²) in [4.78, 5) is 0. The van der Waals surface area contributed by atoms with E-state index in [4.69, 9.17) is 9.31 Å². The molecule has 2 nitrogen and oxygen atoms in total. The van der Waals surface area contributed by atoms with Crippen LogP contribution in [0.15, 0.2) is 12.1 Å². The van der Waals surface area contributed by atoms with Crippen LogP contribution in [0.5, 0.6) is 0 Å². The average molecular weight is 262 g/mol. The SMILES string of the molecule is CC1(C)OB(c2cc(F)cc3c2CCC3)OC1(C)C. The van der Waals surface area contributed by atoms with Crippen molar-refractivity contribution in [2.24, 2.45) is 0 Å². The van der Waals surface area contributed by atoms with Gasteiger partial charge in [0.25, 0.3) is 0 Å². The van der Waals surface area contributed by atoms with Gasteiger partial charge in [0.2, 0.25) is 0 Å². The van der Waals surface area contributed by atoms with Crippen LogP contribution in [0.1, 0.15) is 45.2 Å². The Labute approximate surface area is 114 Å². The van der Waals surface area contributed by atoms with E-state index >= 15 is 0 Å². The maximum Gasteiger partial charge on any atom is 0.495 e. The number of hydrogen-bond acceptors (Lipinski definition) is 2. The summed E-state index contributed by atoms with van der Waals surface area (Å²) < 4.78 is 25.8. The summed E-state index contributed by atoms with van der Waals surface area (Å²) in [6.07, 6.45) is 3.04. The Bertz CT molecular complexity index is 509. The van der Waals surface area contributed by atoms with Crippen LogP contribution in [0.2, 0.25) is 0 Å². The Morgan fingerprint density at radius 2 is 1.68 bits per heavy atom. The predicted octanol–water partition coefficient (Wildman–Crippen LogP) is 2.61. The highest BCUT2D eigenvalue weighted by Crippen LogP contribution is 2.37. The van der Waals surface area contributed by atoms with Crippen molar-refractivity contribution in [2.45, 2.75) is 58.2 Å². The Kier molecular flexibility index (Phi) is 2.81. The second kappa shape index (κ2) is 4.06. The van der Waals surface area contributed by atoms with Crippen molar-refractivity contribution in [1.29, 1.82) is 0 Å². The molecular formula is C15H20BFO2. The molecule has 3 rings (SSSR count). The van der Waals surface area contributed by atoms with Gasteiger partial charge in [-0.2, -0.15) is 0 Å². The highest BCUT2D eigenvalue weighted by atomic mass is 19.1. The summed E-state index contributed by atoms with van der Waals surface area (Å²) in [6, 6.07) is 3.23. The number of benzene rings is 1. The molecule has 1 aliphatic carbocycles. The molecule has 2 aliphatic rings. The number of aryl methyl sites for hydroxylation is 1. The zero-order valence-electron chi connectivity index (χ0n) is 12.0. The number of fused-ring (bicyclic) bond motifs is 1. The minimum absolute atomic E-state index is 0.189. The van der Waals surface area contributed by atoms with Gasteiger partial charge in [0.1, 0.15) is 5.82 Å². The van der Waals surface area contributed by atoms with E-state index in [0.717, 1.165) is 30.3 Å². The Balaban J connectivity index is 2.01. The predicted molar refractivity (Wildman–Crippen MR) is 74.1 cm³/mol. The van der Waals surface area contributed by atoms with E-state index in [1.807, 2.05) is 27.7 Å². The van der Waals surface area contributed by atoms with Crippen LogP contribution in [0.3, 0.4) is 0 Å². The van der Waals surface area contributed by atoms with Gasteiger partial charge in [-0.1, -0.05) is 0 Å². The molecular weight excluding hydrogens is 242 g/mol. The lowest BCUT2D eigenvalue weighted by Crippen LogP contribution is -2.41. The fraction of sp³-hybridized carbons (Fsp3) is 0.600. The van der Waals surface area contributed by atoms with Crippen LogP contribution in [-0.4, -0.2) is 18.3 Å². The molecule has 102 valence electrons. The third-order valence-corrected chi connectivity index (χ3v) is 4.72. The highest BCUT2D eigenvalue weighted by molar-refractivity contribution is 6.62. The van der Waals surface area contributed by atoms with E-state index in [1.54, 1.807) is 12.1 Å². The molecule has 0 amide bonds. The van der Waals surface area contributed by atoms with Crippen LogP contribution < -0.4 is 5.46 Å². The topological polar surface area (TPSA) is 18.5 Å². The van der Waals surface area contributed by atoms with Crippen molar-refractivity contribution in [1.82, 2.24) is 0 Å². The van der Waals surface area contributed by atoms with Gasteiger partial charge in [0, 0.05) is 0 Å². The van der Waals surface area contributed by atoms with Gasteiger partial charge in [0.15, 0.2) is 0 Å². The van der Waals surface area contributed by atoms with Crippen LogP contribution in [0, 0.1) is 5.82 Å². The normalized spacial score (nSPS) is 23.7. The first-order valence-corrected chi connectivity index (χ1v) is 6.97. The zero-order valence-corrected chi connectivity index (χ0v) is 12.0. The Hall–Kier alpha value is -0.865. The first-order valence-electron chi connectivity index (χ1n) is 6.97. The van der Waals surface area contributed by atoms with E-state index in [9.17, 15) is 4.39 Å². The molecule has 0 unspecified atom stereocenters. The van der Waals surface area contributed by atoms with Gasteiger partial charge in [-0.25, -0.2) is 4.39 Å². The van der Waals surface area contributed by atoms with Gasteiger partial charge >= 0.3 is 7.12 Å². The zero-order chi connectivity index (χ0) is 13.8. The fourth-order valence-electron chi connectivity index (χ4n) is 2.88. The molecule has 0 spiro atoms. The number of rotatable bonds is 1. The monoisotopic (exact) mass is 262 g/mol. The van der Waals surface area contributed by atoms with Gasteiger partial charge in [-0.05, 0) is 75.7 Å². The average Bonchev–Trinajstić information content (AvgIpc) is 2.80. The second-order valence-electron chi connectivity index (χ2n) is 6.57. The van der Waals surface area contributed by atoms with Crippen molar-refractivity contribution >= 4 is 12.6 Å². The standard InChI is InChI=1S/C15H20BFO2/c1-14(2)15(3,4)19-16(18-14)13-9-11(17)8-10-6-5-7-12(10)13/h8-9H,5-7H2,1-4H3. The van der Waals surface area contributed by atoms with Crippen molar-refractivity contribution in [3.63, 3.8) is 0 Å². The highest BCUT2D eigenvalue weighted by Gasteiger charge is 2.52. The van der Waals surface area contributed by atoms with Crippen LogP contribution >= 0.6 is 0 Å². The molecule has 1 aromatic carbocycles. The molecule has 1 aliphatic heterocycles. The molecule has 1 heterocycles. The molecule has 1 fully saturated rings. The molecule has 0 atom stereocenters. The Morgan fingerprint density at radius 1 is 1.05 bits per heavy atom. The maximum absolute atomic E-state index is 13.7. The minimum Gasteiger partial charge on any atom is -0.399 e. The van der Waals surface area contributed by atoms with E-state index in [2.05, 4.69) is 0 Å². The summed E-state index contributed by atoms with van der Waals surface area (Å²) in [5.41, 5.74) is 2.46. The number of hydrogen-bond donors (Lipinski definition) is 0. The fourth-order valence-corrected chi connectivity index (χ4v) is 2.88. The summed E-state index contributed by atoms with van der Waals surface area (Å²) in [6.45, 7) is 8.08. The summed E-state index contributed by atoms with van der Waals surface area (Å²) in [7, 11) is -0.451. The van der Waals surface area contributed by atoms with Crippen molar-refractivity contribution < 1.29 is 13.7 Å². The van der Waals surface area contributed by atoms with E-state index in [-0.39, 0.29) is 17.0 Å². The molecule has 19 heavy (non-hydrogen) atoms. The van der Waals surface area contributed by atoms with E-state index in [1.165, 1.54) is 5.56 Å². The largest absolute Gasteiger partial charge is 0.495 e. The molecule has 1 saturated heterocycles. The molecule has 4 heteroatoms. The molecule has 0 aromatic heterocycles. The smallest absolute Gasteiger partial charge is 0.399 e. The Morgan fingerprint density at radius 3 is 2.32 bits per heavy atom. The second-order valence-corrected chi connectivity index (χ2v) is 6.57. The molecule has 0 bridgehead atoms. The molecule has 0 saturated carbocycles. The summed E-state index contributed by atoms with van der Waals surface area (Å²) >= 11 is 0. The first-order chi connectivity index (χ1) is 8.80. The van der Waals surface area contributed by atoms with E-state index < -0.39 is 7.12 Å². The van der Waals surface area contributed by atoms with Crippen LogP contribution in [-0.2, 0) is 22.2 Å². The van der Waals surface area contributed by atoms with Crippen LogP contribution in [0.4, 0.5) is 4.39 Å². The van der Waals surface area contributed by atoms with Gasteiger partial charge < -0.3 is 9.31 Å².